The fourth-order valence-electron chi connectivity index (χ4n) is 1.99. The maximum Gasteiger partial charge on any atom is 0.322 e. The summed E-state index contributed by atoms with van der Waals surface area (Å²) in [6.45, 7) is 1.33. The molecule has 0 atom stereocenters. The molecule has 0 unspecified atom stereocenters. The molecule has 1 aromatic carbocycles. The first-order chi connectivity index (χ1) is 9.24. The van der Waals surface area contributed by atoms with E-state index in [9.17, 15) is 4.79 Å². The molecule has 0 saturated heterocycles. The second kappa shape index (κ2) is 6.43. The molecule has 0 aromatic heterocycles. The minimum Gasteiger partial charge on any atom is -0.497 e. The summed E-state index contributed by atoms with van der Waals surface area (Å²) < 4.78 is 5.14. The second-order valence-corrected chi connectivity index (χ2v) is 4.73. The third kappa shape index (κ3) is 3.86. The van der Waals surface area contributed by atoms with E-state index in [0.29, 0.717) is 12.6 Å². The van der Waals surface area contributed by atoms with E-state index in [-0.39, 0.29) is 6.03 Å². The summed E-state index contributed by atoms with van der Waals surface area (Å²) in [4.78, 5) is 14.1. The molecule has 0 heterocycles. The number of hydrogen-bond acceptors (Lipinski definition) is 3. The summed E-state index contributed by atoms with van der Waals surface area (Å²) in [5.74, 6) is 0.734. The van der Waals surface area contributed by atoms with E-state index in [1.807, 2.05) is 29.2 Å². The van der Waals surface area contributed by atoms with Crippen LogP contribution in [0.25, 0.3) is 0 Å². The number of carbonyl (C=O) groups is 1. The Morgan fingerprint density at radius 3 is 2.95 bits per heavy atom. The molecule has 1 aliphatic rings. The number of anilines is 1. The zero-order valence-electron chi connectivity index (χ0n) is 11.3. The van der Waals surface area contributed by atoms with Crippen LogP contribution in [0, 0.1) is 0 Å². The Hall–Kier alpha value is -1.75. The molecule has 1 fully saturated rings. The molecule has 19 heavy (non-hydrogen) atoms. The summed E-state index contributed by atoms with van der Waals surface area (Å²) in [6, 6.07) is 7.71. The Morgan fingerprint density at radius 1 is 1.53 bits per heavy atom. The van der Waals surface area contributed by atoms with E-state index in [1.54, 1.807) is 7.11 Å². The molecule has 5 heteroatoms. The van der Waals surface area contributed by atoms with Crippen molar-refractivity contribution in [2.24, 2.45) is 5.73 Å². The van der Waals surface area contributed by atoms with Crippen molar-refractivity contribution in [1.29, 1.82) is 0 Å². The van der Waals surface area contributed by atoms with Crippen LogP contribution >= 0.6 is 0 Å². The highest BCUT2D eigenvalue weighted by atomic mass is 16.5. The van der Waals surface area contributed by atoms with Crippen LogP contribution in [-0.2, 0) is 0 Å². The zero-order valence-corrected chi connectivity index (χ0v) is 11.3. The maximum absolute atomic E-state index is 12.2. The minimum absolute atomic E-state index is 0.0517. The first-order valence-electron chi connectivity index (χ1n) is 6.66. The van der Waals surface area contributed by atoms with E-state index in [2.05, 4.69) is 5.32 Å². The van der Waals surface area contributed by atoms with Crippen molar-refractivity contribution < 1.29 is 9.53 Å². The first kappa shape index (κ1) is 13.7. The predicted octanol–water partition coefficient (Wildman–Crippen LogP) is 2.04. The molecule has 0 aliphatic heterocycles. The highest BCUT2D eigenvalue weighted by Gasteiger charge is 2.32. The average Bonchev–Trinajstić information content (AvgIpc) is 3.24. The van der Waals surface area contributed by atoms with E-state index >= 15 is 0 Å². The van der Waals surface area contributed by atoms with Crippen molar-refractivity contribution in [2.45, 2.75) is 25.3 Å². The molecule has 0 bridgehead atoms. The first-order valence-corrected chi connectivity index (χ1v) is 6.66. The summed E-state index contributed by atoms with van der Waals surface area (Å²) in [5.41, 5.74) is 6.27. The molecule has 1 saturated carbocycles. The Kier molecular flexibility index (Phi) is 4.63. The molecule has 3 N–H and O–H groups in total. The van der Waals surface area contributed by atoms with Gasteiger partial charge in [-0.05, 0) is 37.9 Å². The molecule has 0 spiro atoms. The lowest BCUT2D eigenvalue weighted by molar-refractivity contribution is 0.208. The van der Waals surface area contributed by atoms with E-state index in [1.165, 1.54) is 0 Å². The van der Waals surface area contributed by atoms with E-state index in [0.717, 1.165) is 37.2 Å². The Labute approximate surface area is 113 Å². The largest absolute Gasteiger partial charge is 0.497 e. The third-order valence-electron chi connectivity index (χ3n) is 3.17. The second-order valence-electron chi connectivity index (χ2n) is 4.73. The van der Waals surface area contributed by atoms with Crippen LogP contribution in [0.15, 0.2) is 24.3 Å². The van der Waals surface area contributed by atoms with Crippen LogP contribution < -0.4 is 15.8 Å². The SMILES string of the molecule is COc1cccc(NC(=O)N(CCCN)C2CC2)c1. The summed E-state index contributed by atoms with van der Waals surface area (Å²) >= 11 is 0. The molecular formula is C14H21N3O2. The van der Waals surface area contributed by atoms with Gasteiger partial charge in [-0.15, -0.1) is 0 Å². The number of ether oxygens (including phenoxy) is 1. The van der Waals surface area contributed by atoms with Gasteiger partial charge in [0.15, 0.2) is 0 Å². The van der Waals surface area contributed by atoms with Gasteiger partial charge in [0.05, 0.1) is 7.11 Å². The number of urea groups is 1. The topological polar surface area (TPSA) is 67.6 Å². The van der Waals surface area contributed by atoms with Crippen LogP contribution in [0.1, 0.15) is 19.3 Å². The maximum atomic E-state index is 12.2. The highest BCUT2D eigenvalue weighted by Crippen LogP contribution is 2.28. The zero-order chi connectivity index (χ0) is 13.7. The summed E-state index contributed by atoms with van der Waals surface area (Å²) in [6.07, 6.45) is 3.02. The molecule has 2 amide bonds. The normalized spacial score (nSPS) is 14.0. The molecule has 0 radical (unpaired) electrons. The van der Waals surface area contributed by atoms with E-state index < -0.39 is 0 Å². The van der Waals surface area contributed by atoms with Gasteiger partial charge < -0.3 is 20.7 Å². The lowest BCUT2D eigenvalue weighted by Crippen LogP contribution is -2.38. The van der Waals surface area contributed by atoms with Crippen LogP contribution in [-0.4, -0.2) is 37.2 Å². The van der Waals surface area contributed by atoms with Crippen LogP contribution in [0.2, 0.25) is 0 Å². The Bertz CT molecular complexity index is 432. The van der Waals surface area contributed by atoms with Gasteiger partial charge in [0.25, 0.3) is 0 Å². The standard InChI is InChI=1S/C14H21N3O2/c1-19-13-5-2-4-11(10-13)16-14(18)17(9-3-8-15)12-6-7-12/h2,4-5,10,12H,3,6-9,15H2,1H3,(H,16,18). The number of nitrogens with zero attached hydrogens (tertiary/aromatic N) is 1. The van der Waals surface area contributed by atoms with Gasteiger partial charge in [-0.3, -0.25) is 0 Å². The molecule has 2 rings (SSSR count). The van der Waals surface area contributed by atoms with Gasteiger partial charge in [-0.2, -0.15) is 0 Å². The fraction of sp³-hybridized carbons (Fsp3) is 0.500. The van der Waals surface area contributed by atoms with Crippen molar-refractivity contribution in [3.63, 3.8) is 0 Å². The number of rotatable bonds is 6. The Morgan fingerprint density at radius 2 is 2.32 bits per heavy atom. The van der Waals surface area contributed by atoms with Gasteiger partial charge in [0.2, 0.25) is 0 Å². The predicted molar refractivity (Wildman–Crippen MR) is 75.4 cm³/mol. The molecule has 1 aliphatic carbocycles. The number of nitrogens with two attached hydrogens (primary N) is 1. The van der Waals surface area contributed by atoms with Crippen LogP contribution in [0.3, 0.4) is 0 Å². The minimum atomic E-state index is -0.0517. The number of hydrogen-bond donors (Lipinski definition) is 2. The smallest absolute Gasteiger partial charge is 0.322 e. The fourth-order valence-corrected chi connectivity index (χ4v) is 1.99. The average molecular weight is 263 g/mol. The number of benzene rings is 1. The molecule has 5 nitrogen and oxygen atoms in total. The number of methoxy groups -OCH3 is 1. The van der Waals surface area contributed by atoms with Crippen molar-refractivity contribution in [3.8, 4) is 5.75 Å². The number of amides is 2. The third-order valence-corrected chi connectivity index (χ3v) is 3.17. The number of carbonyl (C=O) groups excluding carboxylic acids is 1. The van der Waals surface area contributed by atoms with Gasteiger partial charge in [0.1, 0.15) is 5.75 Å². The van der Waals surface area contributed by atoms with Gasteiger partial charge in [-0.1, -0.05) is 6.07 Å². The monoisotopic (exact) mass is 263 g/mol. The molecule has 1 aromatic rings. The van der Waals surface area contributed by atoms with Crippen LogP contribution in [0.5, 0.6) is 5.75 Å². The van der Waals surface area contributed by atoms with Crippen molar-refractivity contribution >= 4 is 11.7 Å². The van der Waals surface area contributed by atoms with Gasteiger partial charge in [0, 0.05) is 24.3 Å². The number of nitrogens with one attached hydrogen (secondary N) is 1. The quantitative estimate of drug-likeness (QED) is 0.825. The van der Waals surface area contributed by atoms with Crippen LogP contribution in [0.4, 0.5) is 10.5 Å². The van der Waals surface area contributed by atoms with E-state index in [4.69, 9.17) is 10.5 Å². The molecule has 104 valence electrons. The van der Waals surface area contributed by atoms with Crippen molar-refractivity contribution in [3.05, 3.63) is 24.3 Å². The van der Waals surface area contributed by atoms with Gasteiger partial charge in [-0.25, -0.2) is 4.79 Å². The highest BCUT2D eigenvalue weighted by molar-refractivity contribution is 5.90. The lowest BCUT2D eigenvalue weighted by atomic mass is 10.3. The summed E-state index contributed by atoms with van der Waals surface area (Å²) in [5, 5.41) is 2.91. The lowest BCUT2D eigenvalue weighted by Gasteiger charge is -2.22. The van der Waals surface area contributed by atoms with Crippen molar-refractivity contribution in [2.75, 3.05) is 25.5 Å². The Balaban J connectivity index is 1.97. The van der Waals surface area contributed by atoms with Gasteiger partial charge >= 0.3 is 6.03 Å². The van der Waals surface area contributed by atoms with Crippen molar-refractivity contribution in [1.82, 2.24) is 4.90 Å². The summed E-state index contributed by atoms with van der Waals surface area (Å²) in [7, 11) is 1.61. The molecular weight excluding hydrogens is 242 g/mol.